The first-order valence-corrected chi connectivity index (χ1v) is 12.9. The second-order valence-electron chi connectivity index (χ2n) is 9.99. The molecular formula is C31H29NO4. The Bertz CT molecular complexity index is 1250. The Hall–Kier alpha value is -3.73. The Morgan fingerprint density at radius 2 is 1.22 bits per heavy atom. The maximum absolute atomic E-state index is 14.0. The highest BCUT2D eigenvalue weighted by Crippen LogP contribution is 2.61. The lowest BCUT2D eigenvalue weighted by atomic mass is 9.55. The summed E-state index contributed by atoms with van der Waals surface area (Å²) in [6, 6.07) is 23.2. The molecule has 7 rings (SSSR count). The highest BCUT2D eigenvalue weighted by molar-refractivity contribution is 6.25. The zero-order valence-corrected chi connectivity index (χ0v) is 20.4. The summed E-state index contributed by atoms with van der Waals surface area (Å²) in [5, 5.41) is 0. The molecule has 1 saturated heterocycles. The fourth-order valence-corrected chi connectivity index (χ4v) is 6.53. The first kappa shape index (κ1) is 22.7. The van der Waals surface area contributed by atoms with E-state index >= 15 is 0 Å². The summed E-state index contributed by atoms with van der Waals surface area (Å²) in [4.78, 5) is 42.3. The number of hydrogen-bond donors (Lipinski definition) is 0. The standard InChI is InChI=1S/C31H29NO4/c1-2-3-4-11-18-36-31(35)23-16-9-10-17-24(23)32-29(33)27-25-19-12-5-6-13-20(19)26(28(27)30(32)34)22-15-8-7-14-21(22)25/h5-10,12-17,25-28H,2-4,11,18H2,1H3/t25?,26?,27-,28-/m0/s1. The molecule has 0 unspecified atom stereocenters. The van der Waals surface area contributed by atoms with Crippen molar-refractivity contribution in [2.45, 2.75) is 44.4 Å². The van der Waals surface area contributed by atoms with Gasteiger partial charge in [0.05, 0.1) is 29.7 Å². The van der Waals surface area contributed by atoms with Crippen LogP contribution in [0, 0.1) is 11.8 Å². The van der Waals surface area contributed by atoms with Crippen molar-refractivity contribution in [1.29, 1.82) is 0 Å². The molecule has 2 amide bonds. The molecule has 36 heavy (non-hydrogen) atoms. The summed E-state index contributed by atoms with van der Waals surface area (Å²) < 4.78 is 5.53. The van der Waals surface area contributed by atoms with Crippen molar-refractivity contribution in [3.8, 4) is 0 Å². The third kappa shape index (κ3) is 3.33. The van der Waals surface area contributed by atoms with E-state index < -0.39 is 17.8 Å². The Morgan fingerprint density at radius 1 is 0.722 bits per heavy atom. The smallest absolute Gasteiger partial charge is 0.340 e. The molecule has 3 aliphatic carbocycles. The fourth-order valence-electron chi connectivity index (χ4n) is 6.53. The Labute approximate surface area is 211 Å². The third-order valence-corrected chi connectivity index (χ3v) is 8.04. The molecule has 1 fully saturated rings. The molecule has 1 aliphatic heterocycles. The van der Waals surface area contributed by atoms with Crippen LogP contribution in [0.3, 0.4) is 0 Å². The predicted octanol–water partition coefficient (Wildman–Crippen LogP) is 5.82. The normalized spacial score (nSPS) is 23.3. The molecule has 4 aliphatic rings. The lowest BCUT2D eigenvalue weighted by Crippen LogP contribution is -2.41. The number of carbonyl (C=O) groups excluding carboxylic acids is 3. The van der Waals surface area contributed by atoms with Gasteiger partial charge in [0, 0.05) is 11.8 Å². The number of benzene rings is 3. The summed E-state index contributed by atoms with van der Waals surface area (Å²) >= 11 is 0. The van der Waals surface area contributed by atoms with Crippen LogP contribution in [0.4, 0.5) is 5.69 Å². The number of esters is 1. The molecule has 182 valence electrons. The van der Waals surface area contributed by atoms with E-state index in [0.717, 1.165) is 47.9 Å². The van der Waals surface area contributed by atoms with Crippen LogP contribution in [0.5, 0.6) is 0 Å². The van der Waals surface area contributed by atoms with Crippen molar-refractivity contribution in [2.75, 3.05) is 11.5 Å². The van der Waals surface area contributed by atoms with Crippen molar-refractivity contribution in [3.63, 3.8) is 0 Å². The number of anilines is 1. The highest BCUT2D eigenvalue weighted by Gasteiger charge is 2.62. The fraction of sp³-hybridized carbons (Fsp3) is 0.323. The first-order valence-electron chi connectivity index (χ1n) is 12.9. The Kier molecular flexibility index (Phi) is 5.71. The average molecular weight is 480 g/mol. The first-order chi connectivity index (χ1) is 17.6. The summed E-state index contributed by atoms with van der Waals surface area (Å²) in [5.74, 6) is -2.26. The second kappa shape index (κ2) is 9.05. The lowest BCUT2D eigenvalue weighted by Gasteiger charge is -2.45. The van der Waals surface area contributed by atoms with E-state index in [1.807, 2.05) is 24.3 Å². The minimum atomic E-state index is -0.493. The number of carbonyl (C=O) groups is 3. The van der Waals surface area contributed by atoms with Crippen LogP contribution >= 0.6 is 0 Å². The minimum Gasteiger partial charge on any atom is -0.462 e. The molecule has 0 radical (unpaired) electrons. The Balaban J connectivity index is 1.37. The molecule has 1 heterocycles. The summed E-state index contributed by atoms with van der Waals surface area (Å²) in [6.45, 7) is 2.46. The maximum atomic E-state index is 14.0. The lowest BCUT2D eigenvalue weighted by molar-refractivity contribution is -0.122. The average Bonchev–Trinajstić information content (AvgIpc) is 3.18. The van der Waals surface area contributed by atoms with Gasteiger partial charge < -0.3 is 4.74 Å². The number of imide groups is 1. The van der Waals surface area contributed by atoms with Gasteiger partial charge in [-0.1, -0.05) is 86.8 Å². The molecule has 0 spiro atoms. The van der Waals surface area contributed by atoms with Crippen LogP contribution in [0.1, 0.15) is 77.1 Å². The minimum absolute atomic E-state index is 0.175. The van der Waals surface area contributed by atoms with E-state index in [9.17, 15) is 14.4 Å². The van der Waals surface area contributed by atoms with Crippen molar-refractivity contribution in [3.05, 3.63) is 101 Å². The number of amides is 2. The maximum Gasteiger partial charge on any atom is 0.340 e. The number of unbranched alkanes of at least 4 members (excludes halogenated alkanes) is 3. The zero-order valence-electron chi connectivity index (χ0n) is 20.4. The van der Waals surface area contributed by atoms with Crippen LogP contribution in [-0.4, -0.2) is 24.4 Å². The zero-order chi connectivity index (χ0) is 24.8. The van der Waals surface area contributed by atoms with Crippen LogP contribution in [0.2, 0.25) is 0 Å². The molecule has 3 aromatic rings. The van der Waals surface area contributed by atoms with Crippen molar-refractivity contribution in [2.24, 2.45) is 11.8 Å². The van der Waals surface area contributed by atoms with E-state index in [1.54, 1.807) is 24.3 Å². The molecule has 3 aromatic carbocycles. The summed E-state index contributed by atoms with van der Waals surface area (Å²) in [5.41, 5.74) is 5.11. The Morgan fingerprint density at radius 3 is 1.75 bits per heavy atom. The quantitative estimate of drug-likeness (QED) is 0.243. The van der Waals surface area contributed by atoms with Crippen molar-refractivity contribution < 1.29 is 19.1 Å². The molecule has 5 heteroatoms. The van der Waals surface area contributed by atoms with Crippen molar-refractivity contribution >= 4 is 23.5 Å². The van der Waals surface area contributed by atoms with Crippen LogP contribution < -0.4 is 4.90 Å². The van der Waals surface area contributed by atoms with Crippen LogP contribution in [-0.2, 0) is 14.3 Å². The molecule has 5 nitrogen and oxygen atoms in total. The largest absolute Gasteiger partial charge is 0.462 e. The molecule has 0 saturated carbocycles. The van der Waals surface area contributed by atoms with E-state index in [0.29, 0.717) is 12.3 Å². The third-order valence-electron chi connectivity index (χ3n) is 8.04. The number of hydrogen-bond acceptors (Lipinski definition) is 4. The van der Waals surface area contributed by atoms with Gasteiger partial charge in [-0.2, -0.15) is 0 Å². The van der Waals surface area contributed by atoms with Gasteiger partial charge in [-0.3, -0.25) is 9.59 Å². The molecule has 0 aromatic heterocycles. The van der Waals surface area contributed by atoms with Crippen molar-refractivity contribution in [1.82, 2.24) is 0 Å². The van der Waals surface area contributed by atoms with E-state index in [2.05, 4.69) is 31.2 Å². The van der Waals surface area contributed by atoms with Crippen LogP contribution in [0.15, 0.2) is 72.8 Å². The van der Waals surface area contributed by atoms with Gasteiger partial charge in [-0.15, -0.1) is 0 Å². The second-order valence-corrected chi connectivity index (χ2v) is 9.99. The number of ether oxygens (including phenoxy) is 1. The van der Waals surface area contributed by atoms with E-state index in [4.69, 9.17) is 4.74 Å². The SMILES string of the molecule is CCCCCCOC(=O)c1ccccc1N1C(=O)[C@H]2C3c4ccccc4C(c4ccccc43)[C@@H]2C1=O. The van der Waals surface area contributed by atoms with Gasteiger partial charge in [-0.05, 0) is 40.8 Å². The van der Waals surface area contributed by atoms with Gasteiger partial charge in [0.25, 0.3) is 0 Å². The van der Waals surface area contributed by atoms with E-state index in [1.165, 1.54) is 4.90 Å². The van der Waals surface area contributed by atoms with Gasteiger partial charge in [0.1, 0.15) is 0 Å². The van der Waals surface area contributed by atoms with E-state index in [-0.39, 0.29) is 29.2 Å². The molecular weight excluding hydrogens is 450 g/mol. The topological polar surface area (TPSA) is 63.7 Å². The van der Waals surface area contributed by atoms with Gasteiger partial charge in [-0.25, -0.2) is 9.69 Å². The van der Waals surface area contributed by atoms with Crippen LogP contribution in [0.25, 0.3) is 0 Å². The summed E-state index contributed by atoms with van der Waals surface area (Å²) in [7, 11) is 0. The van der Waals surface area contributed by atoms with Gasteiger partial charge in [0.2, 0.25) is 11.8 Å². The predicted molar refractivity (Wildman–Crippen MR) is 137 cm³/mol. The van der Waals surface area contributed by atoms with Gasteiger partial charge in [0.15, 0.2) is 0 Å². The number of para-hydroxylation sites is 1. The monoisotopic (exact) mass is 479 g/mol. The number of rotatable bonds is 7. The highest BCUT2D eigenvalue weighted by atomic mass is 16.5. The molecule has 0 N–H and O–H groups in total. The van der Waals surface area contributed by atoms with Gasteiger partial charge >= 0.3 is 5.97 Å². The summed E-state index contributed by atoms with van der Waals surface area (Å²) in [6.07, 6.45) is 4.00. The number of nitrogens with zero attached hydrogens (tertiary/aromatic N) is 1. The molecule has 2 bridgehead atoms. The molecule has 2 atom stereocenters.